The van der Waals surface area contributed by atoms with Crippen LogP contribution in [0.4, 0.5) is 24.7 Å². The van der Waals surface area contributed by atoms with Crippen molar-refractivity contribution in [1.29, 1.82) is 0 Å². The fourth-order valence-electron chi connectivity index (χ4n) is 0.875. The molecule has 0 bridgehead atoms. The molecule has 7 heteroatoms. The number of carbonyl (C=O) groups excluding carboxylic acids is 1. The van der Waals surface area contributed by atoms with Crippen LogP contribution < -0.4 is 11.1 Å². The Morgan fingerprint density at radius 3 is 2.60 bits per heavy atom. The monoisotopic (exact) mass is 219 g/mol. The van der Waals surface area contributed by atoms with E-state index in [2.05, 4.69) is 4.98 Å². The average molecular weight is 219 g/mol. The Balaban J connectivity index is 2.87. The summed E-state index contributed by atoms with van der Waals surface area (Å²) in [5.74, 6) is -2.38. The molecule has 0 aromatic carbocycles. The molecule has 0 unspecified atom stereocenters. The number of pyridine rings is 1. The summed E-state index contributed by atoms with van der Waals surface area (Å²) in [6.45, 7) is 1.68. The fourth-order valence-corrected chi connectivity index (χ4v) is 0.875. The van der Waals surface area contributed by atoms with Crippen LogP contribution in [0.25, 0.3) is 0 Å². The molecule has 0 saturated heterocycles. The van der Waals surface area contributed by atoms with Gasteiger partial charge in [-0.25, -0.2) is 4.98 Å². The van der Waals surface area contributed by atoms with Gasteiger partial charge in [0, 0.05) is 6.20 Å². The zero-order valence-electron chi connectivity index (χ0n) is 7.72. The normalized spacial score (nSPS) is 11.2. The highest BCUT2D eigenvalue weighted by atomic mass is 19.4. The summed E-state index contributed by atoms with van der Waals surface area (Å²) in [6, 6.07) is 1.42. The molecule has 15 heavy (non-hydrogen) atoms. The van der Waals surface area contributed by atoms with E-state index in [0.29, 0.717) is 5.56 Å². The van der Waals surface area contributed by atoms with Gasteiger partial charge in [0.15, 0.2) is 5.82 Å². The van der Waals surface area contributed by atoms with E-state index >= 15 is 0 Å². The van der Waals surface area contributed by atoms with Crippen LogP contribution in [-0.4, -0.2) is 17.1 Å². The number of nitrogen functional groups attached to an aromatic ring is 1. The van der Waals surface area contributed by atoms with Gasteiger partial charge in [-0.15, -0.1) is 0 Å². The van der Waals surface area contributed by atoms with Crippen LogP contribution in [0, 0.1) is 6.92 Å². The number of amides is 1. The Morgan fingerprint density at radius 2 is 2.13 bits per heavy atom. The third-order valence-electron chi connectivity index (χ3n) is 1.54. The van der Waals surface area contributed by atoms with Gasteiger partial charge in [-0.05, 0) is 18.6 Å². The molecule has 0 aliphatic rings. The van der Waals surface area contributed by atoms with Crippen molar-refractivity contribution < 1.29 is 18.0 Å². The minimum Gasteiger partial charge on any atom is -0.396 e. The first kappa shape index (κ1) is 11.3. The molecule has 1 rings (SSSR count). The molecule has 0 radical (unpaired) electrons. The lowest BCUT2D eigenvalue weighted by atomic mass is 10.3. The van der Waals surface area contributed by atoms with Crippen LogP contribution in [-0.2, 0) is 4.79 Å². The first-order chi connectivity index (χ1) is 6.80. The van der Waals surface area contributed by atoms with Crippen LogP contribution >= 0.6 is 0 Å². The van der Waals surface area contributed by atoms with Gasteiger partial charge in [0.1, 0.15) is 0 Å². The predicted molar refractivity (Wildman–Crippen MR) is 48.1 cm³/mol. The SMILES string of the molecule is Cc1cnc(NC(=O)C(F)(F)F)c(N)c1. The second kappa shape index (κ2) is 3.76. The Morgan fingerprint density at radius 1 is 1.53 bits per heavy atom. The number of hydrogen-bond acceptors (Lipinski definition) is 3. The van der Waals surface area contributed by atoms with Crippen molar-refractivity contribution in [3.8, 4) is 0 Å². The smallest absolute Gasteiger partial charge is 0.396 e. The number of aryl methyl sites for hydroxylation is 1. The molecule has 82 valence electrons. The van der Waals surface area contributed by atoms with Gasteiger partial charge in [0.25, 0.3) is 0 Å². The summed E-state index contributed by atoms with van der Waals surface area (Å²) >= 11 is 0. The van der Waals surface area contributed by atoms with Crippen molar-refractivity contribution in [2.45, 2.75) is 13.1 Å². The van der Waals surface area contributed by atoms with Crippen molar-refractivity contribution in [1.82, 2.24) is 4.98 Å². The quantitative estimate of drug-likeness (QED) is 0.751. The zero-order valence-corrected chi connectivity index (χ0v) is 7.72. The van der Waals surface area contributed by atoms with Gasteiger partial charge in [-0.2, -0.15) is 13.2 Å². The van der Waals surface area contributed by atoms with Gasteiger partial charge in [-0.1, -0.05) is 0 Å². The highest BCUT2D eigenvalue weighted by Crippen LogP contribution is 2.20. The summed E-state index contributed by atoms with van der Waals surface area (Å²) in [7, 11) is 0. The topological polar surface area (TPSA) is 68.0 Å². The van der Waals surface area contributed by atoms with Crippen molar-refractivity contribution >= 4 is 17.4 Å². The van der Waals surface area contributed by atoms with Crippen molar-refractivity contribution in [2.75, 3.05) is 11.1 Å². The van der Waals surface area contributed by atoms with Crippen LogP contribution in [0.3, 0.4) is 0 Å². The molecule has 1 amide bonds. The summed E-state index contributed by atoms with van der Waals surface area (Å²) in [5.41, 5.74) is 6.05. The maximum Gasteiger partial charge on any atom is 0.471 e. The number of rotatable bonds is 1. The van der Waals surface area contributed by atoms with Gasteiger partial charge in [-0.3, -0.25) is 4.79 Å². The number of hydrogen-bond donors (Lipinski definition) is 2. The molecule has 0 fully saturated rings. The first-order valence-electron chi connectivity index (χ1n) is 3.91. The molecule has 1 aromatic heterocycles. The Bertz CT molecular complexity index is 389. The third-order valence-corrected chi connectivity index (χ3v) is 1.54. The van der Waals surface area contributed by atoms with E-state index < -0.39 is 12.1 Å². The minimum atomic E-state index is -4.95. The largest absolute Gasteiger partial charge is 0.471 e. The van der Waals surface area contributed by atoms with E-state index in [9.17, 15) is 18.0 Å². The second-order valence-electron chi connectivity index (χ2n) is 2.90. The second-order valence-corrected chi connectivity index (χ2v) is 2.90. The van der Waals surface area contributed by atoms with Crippen molar-refractivity contribution in [2.24, 2.45) is 0 Å². The molecule has 3 N–H and O–H groups in total. The van der Waals surface area contributed by atoms with E-state index in [1.165, 1.54) is 12.3 Å². The summed E-state index contributed by atoms with van der Waals surface area (Å²) in [5, 5.41) is 1.58. The van der Waals surface area contributed by atoms with Crippen LogP contribution in [0.1, 0.15) is 5.56 Å². The lowest BCUT2D eigenvalue weighted by Gasteiger charge is -2.09. The van der Waals surface area contributed by atoms with Gasteiger partial charge < -0.3 is 11.1 Å². The van der Waals surface area contributed by atoms with Gasteiger partial charge in [0.2, 0.25) is 0 Å². The van der Waals surface area contributed by atoms with Gasteiger partial charge in [0.05, 0.1) is 5.69 Å². The Hall–Kier alpha value is -1.79. The van der Waals surface area contributed by atoms with Crippen LogP contribution in [0.15, 0.2) is 12.3 Å². The highest BCUT2D eigenvalue weighted by molar-refractivity contribution is 5.96. The standard InChI is InChI=1S/C8H8F3N3O/c1-4-2-5(12)6(13-3-4)14-7(15)8(9,10)11/h2-3H,12H2,1H3,(H,13,14,15). The number of aromatic nitrogens is 1. The minimum absolute atomic E-state index is 0.00685. The van der Waals surface area contributed by atoms with Crippen LogP contribution in [0.2, 0.25) is 0 Å². The third kappa shape index (κ3) is 2.83. The Kier molecular flexibility index (Phi) is 2.83. The number of nitrogens with zero attached hydrogens (tertiary/aromatic N) is 1. The highest BCUT2D eigenvalue weighted by Gasteiger charge is 2.39. The fraction of sp³-hybridized carbons (Fsp3) is 0.250. The first-order valence-corrected chi connectivity index (χ1v) is 3.91. The number of anilines is 2. The molecule has 0 aliphatic heterocycles. The molecule has 1 heterocycles. The number of nitrogens with two attached hydrogens (primary N) is 1. The van der Waals surface area contributed by atoms with Crippen molar-refractivity contribution in [3.05, 3.63) is 17.8 Å². The van der Waals surface area contributed by atoms with Crippen LogP contribution in [0.5, 0.6) is 0 Å². The maximum absolute atomic E-state index is 11.9. The van der Waals surface area contributed by atoms with E-state index in [0.717, 1.165) is 0 Å². The van der Waals surface area contributed by atoms with E-state index in [4.69, 9.17) is 5.73 Å². The molecule has 0 saturated carbocycles. The summed E-state index contributed by atoms with van der Waals surface area (Å²) in [6.07, 6.45) is -3.64. The molecule has 1 aromatic rings. The van der Waals surface area contributed by atoms with Crippen molar-refractivity contribution in [3.63, 3.8) is 0 Å². The number of carbonyl (C=O) groups is 1. The van der Waals surface area contributed by atoms with E-state index in [1.54, 1.807) is 12.2 Å². The zero-order chi connectivity index (χ0) is 11.6. The number of alkyl halides is 3. The molecule has 0 spiro atoms. The predicted octanol–water partition coefficient (Wildman–Crippen LogP) is 1.47. The van der Waals surface area contributed by atoms with E-state index in [-0.39, 0.29) is 11.5 Å². The lowest BCUT2D eigenvalue weighted by Crippen LogP contribution is -2.30. The number of nitrogens with one attached hydrogen (secondary N) is 1. The average Bonchev–Trinajstić information content (AvgIpc) is 2.08. The van der Waals surface area contributed by atoms with Gasteiger partial charge >= 0.3 is 12.1 Å². The molecule has 4 nitrogen and oxygen atoms in total. The molecular weight excluding hydrogens is 211 g/mol. The maximum atomic E-state index is 11.9. The molecule has 0 aliphatic carbocycles. The molecule has 0 atom stereocenters. The molecular formula is C8H8F3N3O. The summed E-state index contributed by atoms with van der Waals surface area (Å²) in [4.78, 5) is 14.1. The summed E-state index contributed by atoms with van der Waals surface area (Å²) < 4.78 is 35.6. The van der Waals surface area contributed by atoms with E-state index in [1.807, 2.05) is 0 Å². The Labute approximate surface area is 83.3 Å². The lowest BCUT2D eigenvalue weighted by molar-refractivity contribution is -0.167. The number of halogens is 3.